The lowest BCUT2D eigenvalue weighted by Gasteiger charge is -2.31. The highest BCUT2D eigenvalue weighted by atomic mass is 16.2. The Morgan fingerprint density at radius 1 is 1.08 bits per heavy atom. The number of piperazine rings is 1. The lowest BCUT2D eigenvalue weighted by Crippen LogP contribution is -3.28. The molecule has 4 heteroatoms. The summed E-state index contributed by atoms with van der Waals surface area (Å²) < 4.78 is 0. The zero-order chi connectivity index (χ0) is 18.2. The van der Waals surface area contributed by atoms with Gasteiger partial charge < -0.3 is 15.1 Å². The minimum atomic E-state index is 0.256. The summed E-state index contributed by atoms with van der Waals surface area (Å²) in [6.45, 7) is 8.51. The van der Waals surface area contributed by atoms with Crippen molar-refractivity contribution in [2.24, 2.45) is 5.92 Å². The minimum absolute atomic E-state index is 0.256. The highest BCUT2D eigenvalue weighted by molar-refractivity contribution is 5.77. The Bertz CT molecular complexity index is 578. The smallest absolute Gasteiger partial charge is 0.275 e. The molecule has 1 aliphatic carbocycles. The molecular formula is C22H35N3O+2. The zero-order valence-electron chi connectivity index (χ0n) is 16.2. The molecule has 4 nitrogen and oxygen atoms in total. The molecule has 0 unspecified atom stereocenters. The summed E-state index contributed by atoms with van der Waals surface area (Å²) in [5.41, 5.74) is 1.27. The third-order valence-corrected chi connectivity index (χ3v) is 6.05. The molecule has 1 amide bonds. The van der Waals surface area contributed by atoms with Gasteiger partial charge in [0.25, 0.3) is 5.91 Å². The average Bonchev–Trinajstić information content (AvgIpc) is 2.66. The first kappa shape index (κ1) is 19.1. The van der Waals surface area contributed by atoms with E-state index in [0.717, 1.165) is 39.1 Å². The Balaban J connectivity index is 1.34. The van der Waals surface area contributed by atoms with Gasteiger partial charge in [-0.05, 0) is 30.4 Å². The fourth-order valence-electron chi connectivity index (χ4n) is 4.28. The van der Waals surface area contributed by atoms with E-state index in [4.69, 9.17) is 0 Å². The number of nitrogens with one attached hydrogen (secondary N) is 3. The summed E-state index contributed by atoms with van der Waals surface area (Å²) in [7, 11) is 0. The molecule has 26 heavy (non-hydrogen) atoms. The van der Waals surface area contributed by atoms with E-state index in [1.54, 1.807) is 4.90 Å². The number of amides is 1. The molecule has 142 valence electrons. The maximum Gasteiger partial charge on any atom is 0.275 e. The second kappa shape index (κ2) is 9.89. The van der Waals surface area contributed by atoms with Gasteiger partial charge in [0.2, 0.25) is 0 Å². The van der Waals surface area contributed by atoms with Crippen LogP contribution in [0.3, 0.4) is 0 Å². The lowest BCUT2D eigenvalue weighted by atomic mass is 9.86. The monoisotopic (exact) mass is 357 g/mol. The van der Waals surface area contributed by atoms with E-state index in [9.17, 15) is 4.79 Å². The van der Waals surface area contributed by atoms with Gasteiger partial charge in [0.1, 0.15) is 26.2 Å². The topological polar surface area (TPSA) is 38.0 Å². The van der Waals surface area contributed by atoms with Crippen molar-refractivity contribution < 1.29 is 14.6 Å². The molecule has 2 aliphatic rings. The standard InChI is InChI=1S/C22H33N3O/c1-19-8-5-6-12-21(19)23-22(26)18-25-16-14-24(15-17-25)13-7-11-20-9-3-2-4-10-20/h2-4,7,9-11,19,21H,5-6,8,12-18H2,1H3,(H,23,26)/p+2/b11-7+/t19-,21-/m1/s1. The molecule has 3 N–H and O–H groups in total. The first-order chi connectivity index (χ1) is 12.7. The molecule has 1 heterocycles. The van der Waals surface area contributed by atoms with Gasteiger partial charge in [-0.15, -0.1) is 0 Å². The van der Waals surface area contributed by atoms with Crippen molar-refractivity contribution in [3.63, 3.8) is 0 Å². The van der Waals surface area contributed by atoms with Crippen LogP contribution in [0.25, 0.3) is 6.08 Å². The van der Waals surface area contributed by atoms with E-state index < -0.39 is 0 Å². The molecule has 0 spiro atoms. The number of quaternary nitrogens is 2. The Hall–Kier alpha value is -1.65. The van der Waals surface area contributed by atoms with E-state index in [2.05, 4.69) is 54.7 Å². The molecule has 0 aromatic heterocycles. The maximum atomic E-state index is 12.4. The second-order valence-electron chi connectivity index (χ2n) is 8.13. The molecule has 0 bridgehead atoms. The van der Waals surface area contributed by atoms with Crippen LogP contribution in [0.1, 0.15) is 38.2 Å². The largest absolute Gasteiger partial charge is 0.348 e. The van der Waals surface area contributed by atoms with Gasteiger partial charge in [-0.3, -0.25) is 4.79 Å². The summed E-state index contributed by atoms with van der Waals surface area (Å²) in [5.74, 6) is 0.895. The number of hydrogen-bond donors (Lipinski definition) is 3. The molecule has 1 aromatic carbocycles. The highest BCUT2D eigenvalue weighted by Crippen LogP contribution is 2.23. The quantitative estimate of drug-likeness (QED) is 0.668. The minimum Gasteiger partial charge on any atom is -0.348 e. The number of hydrogen-bond acceptors (Lipinski definition) is 1. The van der Waals surface area contributed by atoms with Gasteiger partial charge in [0, 0.05) is 6.04 Å². The molecule has 2 fully saturated rings. The van der Waals surface area contributed by atoms with E-state index in [1.165, 1.54) is 29.7 Å². The van der Waals surface area contributed by atoms with Crippen molar-refractivity contribution in [1.82, 2.24) is 5.32 Å². The van der Waals surface area contributed by atoms with Crippen LogP contribution in [-0.2, 0) is 4.79 Å². The Morgan fingerprint density at radius 3 is 2.50 bits per heavy atom. The molecule has 1 aliphatic heterocycles. The third-order valence-electron chi connectivity index (χ3n) is 6.05. The maximum absolute atomic E-state index is 12.4. The Morgan fingerprint density at radius 2 is 1.77 bits per heavy atom. The van der Waals surface area contributed by atoms with Crippen molar-refractivity contribution in [3.8, 4) is 0 Å². The van der Waals surface area contributed by atoms with Crippen LogP contribution in [0.4, 0.5) is 0 Å². The predicted octanol–water partition coefficient (Wildman–Crippen LogP) is 0.178. The van der Waals surface area contributed by atoms with Crippen LogP contribution in [0.5, 0.6) is 0 Å². The number of carbonyl (C=O) groups excluding carboxylic acids is 1. The molecule has 0 radical (unpaired) electrons. The second-order valence-corrected chi connectivity index (χ2v) is 8.13. The first-order valence-electron chi connectivity index (χ1n) is 10.4. The normalized spacial score (nSPS) is 29.6. The molecule has 1 aromatic rings. The van der Waals surface area contributed by atoms with Crippen LogP contribution < -0.4 is 15.1 Å². The highest BCUT2D eigenvalue weighted by Gasteiger charge is 2.27. The Labute approximate surface area is 158 Å². The predicted molar refractivity (Wildman–Crippen MR) is 106 cm³/mol. The number of benzene rings is 1. The summed E-state index contributed by atoms with van der Waals surface area (Å²) >= 11 is 0. The Kier molecular flexibility index (Phi) is 7.27. The van der Waals surface area contributed by atoms with E-state index in [-0.39, 0.29) is 5.91 Å². The van der Waals surface area contributed by atoms with Crippen molar-refractivity contribution in [2.45, 2.75) is 38.6 Å². The molecular weight excluding hydrogens is 322 g/mol. The SMILES string of the molecule is C[C@@H]1CCCC[C@H]1NC(=O)C[NH+]1CC[NH+](C/C=C/c2ccccc2)CC1. The van der Waals surface area contributed by atoms with Crippen molar-refractivity contribution in [3.05, 3.63) is 42.0 Å². The molecule has 2 atom stereocenters. The third kappa shape index (κ3) is 5.96. The van der Waals surface area contributed by atoms with Gasteiger partial charge in [-0.1, -0.05) is 56.2 Å². The fraction of sp³-hybridized carbons (Fsp3) is 0.591. The summed E-state index contributed by atoms with van der Waals surface area (Å²) in [6.07, 6.45) is 9.50. The van der Waals surface area contributed by atoms with Gasteiger partial charge in [-0.25, -0.2) is 0 Å². The average molecular weight is 358 g/mol. The van der Waals surface area contributed by atoms with Crippen LogP contribution in [-0.4, -0.2) is 51.2 Å². The molecule has 3 rings (SSSR count). The summed E-state index contributed by atoms with van der Waals surface area (Å²) in [4.78, 5) is 15.5. The van der Waals surface area contributed by atoms with Crippen molar-refractivity contribution >= 4 is 12.0 Å². The van der Waals surface area contributed by atoms with E-state index >= 15 is 0 Å². The number of rotatable bonds is 6. The zero-order valence-corrected chi connectivity index (χ0v) is 16.2. The van der Waals surface area contributed by atoms with Crippen LogP contribution in [0.2, 0.25) is 0 Å². The van der Waals surface area contributed by atoms with E-state index in [0.29, 0.717) is 18.5 Å². The van der Waals surface area contributed by atoms with Crippen LogP contribution in [0.15, 0.2) is 36.4 Å². The van der Waals surface area contributed by atoms with Gasteiger partial charge in [0.05, 0.1) is 6.54 Å². The van der Waals surface area contributed by atoms with Gasteiger partial charge in [-0.2, -0.15) is 0 Å². The van der Waals surface area contributed by atoms with Crippen LogP contribution in [0, 0.1) is 5.92 Å². The summed E-state index contributed by atoms with van der Waals surface area (Å²) in [5, 5.41) is 3.30. The van der Waals surface area contributed by atoms with Crippen LogP contribution >= 0.6 is 0 Å². The summed E-state index contributed by atoms with van der Waals surface area (Å²) in [6, 6.07) is 10.9. The molecule has 1 saturated carbocycles. The van der Waals surface area contributed by atoms with E-state index in [1.807, 2.05) is 0 Å². The van der Waals surface area contributed by atoms with Gasteiger partial charge >= 0.3 is 0 Å². The lowest BCUT2D eigenvalue weighted by molar-refractivity contribution is -1.01. The fourth-order valence-corrected chi connectivity index (χ4v) is 4.28. The number of carbonyl (C=O) groups is 1. The van der Waals surface area contributed by atoms with Crippen molar-refractivity contribution in [2.75, 3.05) is 39.3 Å². The van der Waals surface area contributed by atoms with Gasteiger partial charge in [0.15, 0.2) is 6.54 Å². The first-order valence-corrected chi connectivity index (χ1v) is 10.4. The van der Waals surface area contributed by atoms with Crippen molar-refractivity contribution in [1.29, 1.82) is 0 Å². The molecule has 1 saturated heterocycles.